The van der Waals surface area contributed by atoms with Gasteiger partial charge in [-0.3, -0.25) is 9.10 Å². The van der Waals surface area contributed by atoms with Crippen molar-refractivity contribution in [3.8, 4) is 5.75 Å². The number of carbonyl (C=O) groups excluding carboxylic acids is 1. The van der Waals surface area contributed by atoms with Gasteiger partial charge in [0.05, 0.1) is 22.7 Å². The number of benzene rings is 2. The third-order valence-corrected chi connectivity index (χ3v) is 5.62. The smallest absolute Gasteiger partial charge is 0.416 e. The van der Waals surface area contributed by atoms with Crippen LogP contribution < -0.4 is 14.8 Å². The molecule has 0 radical (unpaired) electrons. The van der Waals surface area contributed by atoms with Crippen molar-refractivity contribution in [2.45, 2.75) is 11.1 Å². The molecular formula is C16H13F3N2O4S. The molecule has 2 aromatic rings. The fourth-order valence-electron chi connectivity index (χ4n) is 2.56. The van der Waals surface area contributed by atoms with E-state index in [9.17, 15) is 26.4 Å². The zero-order chi connectivity index (χ0) is 19.1. The van der Waals surface area contributed by atoms with E-state index in [4.69, 9.17) is 10.5 Å². The van der Waals surface area contributed by atoms with Gasteiger partial charge in [0, 0.05) is 5.56 Å². The molecule has 0 aromatic heterocycles. The molecule has 10 heteroatoms. The van der Waals surface area contributed by atoms with Crippen molar-refractivity contribution in [2.75, 3.05) is 17.5 Å². The van der Waals surface area contributed by atoms with Crippen molar-refractivity contribution < 1.29 is 31.1 Å². The number of anilines is 1. The Morgan fingerprint density at radius 1 is 1.15 bits per heavy atom. The molecule has 3 rings (SSSR count). The molecule has 2 N–H and O–H groups in total. The fourth-order valence-corrected chi connectivity index (χ4v) is 4.05. The molecule has 0 unspecified atom stereocenters. The number of alkyl halides is 3. The van der Waals surface area contributed by atoms with Crippen LogP contribution in [0.2, 0.25) is 0 Å². The first-order chi connectivity index (χ1) is 12.1. The number of nitrogens with zero attached hydrogens (tertiary/aromatic N) is 1. The van der Waals surface area contributed by atoms with Crippen LogP contribution in [-0.2, 0) is 16.2 Å². The topological polar surface area (TPSA) is 89.7 Å². The summed E-state index contributed by atoms with van der Waals surface area (Å²) in [6.07, 6.45) is -4.67. The van der Waals surface area contributed by atoms with Gasteiger partial charge in [-0.25, -0.2) is 8.42 Å². The molecular weight excluding hydrogens is 373 g/mol. The van der Waals surface area contributed by atoms with Gasteiger partial charge in [-0.15, -0.1) is 0 Å². The van der Waals surface area contributed by atoms with E-state index in [1.807, 2.05) is 0 Å². The predicted octanol–water partition coefficient (Wildman–Crippen LogP) is 2.39. The van der Waals surface area contributed by atoms with Crippen LogP contribution in [0, 0.1) is 0 Å². The second kappa shape index (κ2) is 6.20. The summed E-state index contributed by atoms with van der Waals surface area (Å²) in [6, 6.07) is 7.47. The molecule has 2 aromatic carbocycles. The van der Waals surface area contributed by atoms with Gasteiger partial charge < -0.3 is 10.5 Å². The minimum Gasteiger partial charge on any atom is -0.489 e. The highest BCUT2D eigenvalue weighted by Crippen LogP contribution is 2.37. The number of ether oxygens (including phenoxy) is 1. The van der Waals surface area contributed by atoms with Crippen molar-refractivity contribution in [1.29, 1.82) is 0 Å². The van der Waals surface area contributed by atoms with Gasteiger partial charge >= 0.3 is 6.18 Å². The van der Waals surface area contributed by atoms with Crippen LogP contribution in [-0.4, -0.2) is 27.5 Å². The summed E-state index contributed by atoms with van der Waals surface area (Å²) in [7, 11) is -4.30. The number of fused-ring (bicyclic) bond motifs is 1. The minimum atomic E-state index is -4.67. The molecule has 0 atom stereocenters. The molecule has 1 heterocycles. The number of carbonyl (C=O) groups is 1. The Hall–Kier alpha value is -2.75. The first-order valence-corrected chi connectivity index (χ1v) is 8.81. The van der Waals surface area contributed by atoms with E-state index < -0.39 is 32.6 Å². The Kier molecular flexibility index (Phi) is 4.31. The minimum absolute atomic E-state index is 0.0150. The summed E-state index contributed by atoms with van der Waals surface area (Å²) >= 11 is 0. The molecule has 0 aliphatic carbocycles. The molecule has 0 spiro atoms. The standard InChI is InChI=1S/C16H13F3N2O4S/c17-16(18,19)11-2-1-3-12(9-11)26(23,24)21-6-7-25-14-5-4-10(15(20)22)8-13(14)21/h1-5,8-9H,6-7H2,(H2,20,22). The summed E-state index contributed by atoms with van der Waals surface area (Å²) < 4.78 is 70.8. The molecule has 26 heavy (non-hydrogen) atoms. The second-order valence-corrected chi connectivity index (χ2v) is 7.36. The Morgan fingerprint density at radius 3 is 2.54 bits per heavy atom. The van der Waals surface area contributed by atoms with E-state index in [-0.39, 0.29) is 30.2 Å². The van der Waals surface area contributed by atoms with Crippen LogP contribution in [0.5, 0.6) is 5.75 Å². The van der Waals surface area contributed by atoms with E-state index in [0.717, 1.165) is 22.5 Å². The number of hydrogen-bond acceptors (Lipinski definition) is 4. The van der Waals surface area contributed by atoms with E-state index in [2.05, 4.69) is 0 Å². The SMILES string of the molecule is NC(=O)c1ccc2c(c1)N(S(=O)(=O)c1cccc(C(F)(F)F)c1)CCO2. The lowest BCUT2D eigenvalue weighted by Crippen LogP contribution is -2.38. The largest absolute Gasteiger partial charge is 0.489 e. The highest BCUT2D eigenvalue weighted by molar-refractivity contribution is 7.92. The average molecular weight is 386 g/mol. The maximum Gasteiger partial charge on any atom is 0.416 e. The van der Waals surface area contributed by atoms with Gasteiger partial charge in [-0.05, 0) is 36.4 Å². The Bertz CT molecular complexity index is 974. The maximum atomic E-state index is 12.9. The van der Waals surface area contributed by atoms with Crippen molar-refractivity contribution in [3.63, 3.8) is 0 Å². The van der Waals surface area contributed by atoms with Crippen molar-refractivity contribution >= 4 is 21.6 Å². The highest BCUT2D eigenvalue weighted by atomic mass is 32.2. The Labute approximate surface area is 147 Å². The van der Waals surface area contributed by atoms with Crippen LogP contribution in [0.4, 0.5) is 18.9 Å². The number of amides is 1. The zero-order valence-electron chi connectivity index (χ0n) is 13.2. The molecule has 1 amide bonds. The summed E-state index contributed by atoms with van der Waals surface area (Å²) in [5, 5.41) is 0. The summed E-state index contributed by atoms with van der Waals surface area (Å²) in [4.78, 5) is 10.8. The summed E-state index contributed by atoms with van der Waals surface area (Å²) in [6.45, 7) is -0.102. The van der Waals surface area contributed by atoms with Crippen LogP contribution >= 0.6 is 0 Å². The van der Waals surface area contributed by atoms with Crippen LogP contribution in [0.1, 0.15) is 15.9 Å². The quantitative estimate of drug-likeness (QED) is 0.877. The third kappa shape index (κ3) is 3.19. The lowest BCUT2D eigenvalue weighted by Gasteiger charge is -2.30. The molecule has 0 saturated carbocycles. The van der Waals surface area contributed by atoms with Crippen molar-refractivity contribution in [1.82, 2.24) is 0 Å². The molecule has 0 bridgehead atoms. The Balaban J connectivity index is 2.10. The number of hydrogen-bond donors (Lipinski definition) is 1. The van der Waals surface area contributed by atoms with Crippen LogP contribution in [0.25, 0.3) is 0 Å². The number of rotatable bonds is 3. The predicted molar refractivity (Wildman–Crippen MR) is 86.4 cm³/mol. The number of halogens is 3. The lowest BCUT2D eigenvalue weighted by atomic mass is 10.1. The Morgan fingerprint density at radius 2 is 1.88 bits per heavy atom. The molecule has 138 valence electrons. The normalized spacial score (nSPS) is 14.5. The molecule has 1 aliphatic heterocycles. The first-order valence-electron chi connectivity index (χ1n) is 7.37. The molecule has 6 nitrogen and oxygen atoms in total. The van der Waals surface area contributed by atoms with E-state index in [1.165, 1.54) is 18.2 Å². The van der Waals surface area contributed by atoms with Gasteiger partial charge in [-0.2, -0.15) is 13.2 Å². The zero-order valence-corrected chi connectivity index (χ0v) is 14.0. The van der Waals surface area contributed by atoms with Crippen LogP contribution in [0.3, 0.4) is 0 Å². The van der Waals surface area contributed by atoms with Gasteiger partial charge in [-0.1, -0.05) is 6.07 Å². The lowest BCUT2D eigenvalue weighted by molar-refractivity contribution is -0.137. The number of nitrogens with two attached hydrogens (primary N) is 1. The highest BCUT2D eigenvalue weighted by Gasteiger charge is 2.34. The van der Waals surface area contributed by atoms with Gasteiger partial charge in [0.15, 0.2) is 0 Å². The number of sulfonamides is 1. The number of primary amides is 1. The first kappa shape index (κ1) is 18.1. The van der Waals surface area contributed by atoms with E-state index >= 15 is 0 Å². The van der Waals surface area contributed by atoms with Gasteiger partial charge in [0.25, 0.3) is 10.0 Å². The van der Waals surface area contributed by atoms with Gasteiger partial charge in [0.1, 0.15) is 12.4 Å². The molecule has 0 fully saturated rings. The van der Waals surface area contributed by atoms with E-state index in [0.29, 0.717) is 6.07 Å². The fraction of sp³-hybridized carbons (Fsp3) is 0.188. The maximum absolute atomic E-state index is 12.9. The van der Waals surface area contributed by atoms with Crippen LogP contribution in [0.15, 0.2) is 47.4 Å². The monoisotopic (exact) mass is 386 g/mol. The second-order valence-electron chi connectivity index (χ2n) is 5.50. The third-order valence-electron chi connectivity index (χ3n) is 3.81. The van der Waals surface area contributed by atoms with Crippen molar-refractivity contribution in [2.24, 2.45) is 5.73 Å². The average Bonchev–Trinajstić information content (AvgIpc) is 2.60. The van der Waals surface area contributed by atoms with E-state index in [1.54, 1.807) is 0 Å². The summed E-state index contributed by atoms with van der Waals surface area (Å²) in [5.41, 5.74) is 4.24. The van der Waals surface area contributed by atoms with Crippen molar-refractivity contribution in [3.05, 3.63) is 53.6 Å². The molecule has 0 saturated heterocycles. The van der Waals surface area contributed by atoms with Gasteiger partial charge in [0.2, 0.25) is 5.91 Å². The molecule has 1 aliphatic rings. The summed E-state index contributed by atoms with van der Waals surface area (Å²) in [5.74, 6) is -0.577.